The van der Waals surface area contributed by atoms with Gasteiger partial charge in [-0.2, -0.15) is 13.2 Å². The Balaban J connectivity index is 2.14. The van der Waals surface area contributed by atoms with Gasteiger partial charge in [0.15, 0.2) is 9.84 Å². The highest BCUT2D eigenvalue weighted by molar-refractivity contribution is 7.91. The molecule has 0 aliphatic carbocycles. The molecule has 2 aromatic carbocycles. The molecule has 0 saturated heterocycles. The van der Waals surface area contributed by atoms with Gasteiger partial charge in [-0.3, -0.25) is 5.32 Å². The van der Waals surface area contributed by atoms with Gasteiger partial charge < -0.3 is 9.84 Å². The number of fused-ring (bicyclic) bond motifs is 1. The van der Waals surface area contributed by atoms with Gasteiger partial charge in [-0.25, -0.2) is 8.42 Å². The molecular formula is C22H26F3NO4S. The largest absolute Gasteiger partial charge is 0.497 e. The van der Waals surface area contributed by atoms with E-state index in [-0.39, 0.29) is 17.7 Å². The molecule has 0 saturated carbocycles. The van der Waals surface area contributed by atoms with E-state index in [9.17, 15) is 26.7 Å². The highest BCUT2D eigenvalue weighted by atomic mass is 32.2. The first-order valence-electron chi connectivity index (χ1n) is 9.97. The third-order valence-electron chi connectivity index (χ3n) is 5.68. The lowest BCUT2D eigenvalue weighted by atomic mass is 9.87. The van der Waals surface area contributed by atoms with Crippen molar-refractivity contribution in [3.05, 3.63) is 59.7 Å². The first-order chi connectivity index (χ1) is 14.5. The van der Waals surface area contributed by atoms with Crippen LogP contribution in [0.25, 0.3) is 0 Å². The number of benzene rings is 2. The van der Waals surface area contributed by atoms with E-state index in [2.05, 4.69) is 5.32 Å². The van der Waals surface area contributed by atoms with Crippen LogP contribution in [0, 0.1) is 0 Å². The molecule has 2 aromatic rings. The van der Waals surface area contributed by atoms with Crippen molar-refractivity contribution in [3.63, 3.8) is 0 Å². The van der Waals surface area contributed by atoms with Gasteiger partial charge >= 0.3 is 6.18 Å². The van der Waals surface area contributed by atoms with Gasteiger partial charge in [0.25, 0.3) is 0 Å². The maximum atomic E-state index is 13.3. The van der Waals surface area contributed by atoms with E-state index in [1.807, 2.05) is 30.3 Å². The van der Waals surface area contributed by atoms with Crippen molar-refractivity contribution in [2.75, 3.05) is 12.9 Å². The molecule has 31 heavy (non-hydrogen) atoms. The predicted molar refractivity (Wildman–Crippen MR) is 111 cm³/mol. The third kappa shape index (κ3) is 5.39. The van der Waals surface area contributed by atoms with Crippen molar-refractivity contribution in [1.82, 2.24) is 5.32 Å². The van der Waals surface area contributed by atoms with Gasteiger partial charge in [0, 0.05) is 5.54 Å². The minimum atomic E-state index is -4.55. The van der Waals surface area contributed by atoms with Crippen LogP contribution in [-0.2, 0) is 9.84 Å². The van der Waals surface area contributed by atoms with Crippen LogP contribution < -0.4 is 10.1 Å². The average Bonchev–Trinajstić information content (AvgIpc) is 2.79. The normalized spacial score (nSPS) is 24.1. The number of hydrogen-bond acceptors (Lipinski definition) is 5. The number of alkyl halides is 3. The number of ether oxygens (including phenoxy) is 1. The third-order valence-corrected chi connectivity index (χ3v) is 7.66. The maximum Gasteiger partial charge on any atom is 0.391 e. The smallest absolute Gasteiger partial charge is 0.391 e. The molecule has 170 valence electrons. The lowest BCUT2D eigenvalue weighted by Crippen LogP contribution is -2.52. The molecule has 0 radical (unpaired) electrons. The van der Waals surface area contributed by atoms with Gasteiger partial charge in [-0.15, -0.1) is 0 Å². The number of aliphatic hydroxyl groups is 1. The van der Waals surface area contributed by atoms with Crippen LogP contribution in [0.4, 0.5) is 13.2 Å². The van der Waals surface area contributed by atoms with Gasteiger partial charge in [-0.05, 0) is 42.2 Å². The Kier molecular flexibility index (Phi) is 6.69. The monoisotopic (exact) mass is 457 g/mol. The molecule has 1 aliphatic heterocycles. The van der Waals surface area contributed by atoms with Crippen LogP contribution in [0.1, 0.15) is 43.4 Å². The van der Waals surface area contributed by atoms with Crippen LogP contribution in [0.5, 0.6) is 5.75 Å². The van der Waals surface area contributed by atoms with Crippen LogP contribution in [0.15, 0.2) is 53.4 Å². The number of hydrogen-bond donors (Lipinski definition) is 2. The minimum absolute atomic E-state index is 0.107. The molecule has 0 spiro atoms. The van der Waals surface area contributed by atoms with E-state index in [0.29, 0.717) is 11.3 Å². The Morgan fingerprint density at radius 3 is 2.48 bits per heavy atom. The molecule has 3 atom stereocenters. The van der Waals surface area contributed by atoms with Gasteiger partial charge in [0.2, 0.25) is 0 Å². The number of aliphatic hydroxyl groups excluding tert-OH is 1. The van der Waals surface area contributed by atoms with Crippen molar-refractivity contribution in [3.8, 4) is 5.75 Å². The first-order valence-corrected chi connectivity index (χ1v) is 11.6. The standard InChI is InChI=1S/C22H26F3NO4S/c1-3-21(12-16(27)13-22(23,24)25)14-31(28,29)19-10-9-17(30-2)11-18(19)20(26-21)15-7-5-4-6-8-15/h4-11,16,20,26-27H,3,12-14H2,1-2H3/t16?,20-,21-/m0/s1. The van der Waals surface area contributed by atoms with E-state index in [1.165, 1.54) is 13.2 Å². The molecule has 0 fully saturated rings. The second-order valence-electron chi connectivity index (χ2n) is 7.96. The summed E-state index contributed by atoms with van der Waals surface area (Å²) in [6.45, 7) is 1.71. The first kappa shape index (κ1) is 23.6. The molecule has 0 amide bonds. The SMILES string of the molecule is CC[C@]1(CC(O)CC(F)(F)F)CS(=O)(=O)c2ccc(OC)cc2[C@H](c2ccccc2)N1. The van der Waals surface area contributed by atoms with E-state index in [4.69, 9.17) is 4.74 Å². The van der Waals surface area contributed by atoms with Crippen molar-refractivity contribution < 1.29 is 31.4 Å². The molecule has 1 unspecified atom stereocenters. The van der Waals surface area contributed by atoms with E-state index < -0.39 is 45.9 Å². The summed E-state index contributed by atoms with van der Waals surface area (Å²) >= 11 is 0. The van der Waals surface area contributed by atoms with Crippen molar-refractivity contribution in [2.45, 2.75) is 54.9 Å². The summed E-state index contributed by atoms with van der Waals surface area (Å²) in [6.07, 6.45) is -7.80. The molecule has 3 rings (SSSR count). The number of nitrogens with one attached hydrogen (secondary N) is 1. The second-order valence-corrected chi connectivity index (χ2v) is 9.92. The summed E-state index contributed by atoms with van der Waals surface area (Å²) in [6, 6.07) is 13.1. The summed E-state index contributed by atoms with van der Waals surface area (Å²) < 4.78 is 70.5. The fourth-order valence-electron chi connectivity index (χ4n) is 4.19. The second kappa shape index (κ2) is 8.80. The van der Waals surface area contributed by atoms with Crippen molar-refractivity contribution >= 4 is 9.84 Å². The summed E-state index contributed by atoms with van der Waals surface area (Å²) in [5.74, 6) is 0.0476. The summed E-state index contributed by atoms with van der Waals surface area (Å²) in [4.78, 5) is 0.107. The van der Waals surface area contributed by atoms with Gasteiger partial charge in [-0.1, -0.05) is 37.3 Å². The molecule has 0 aromatic heterocycles. The maximum absolute atomic E-state index is 13.3. The zero-order valence-electron chi connectivity index (χ0n) is 17.3. The Bertz CT molecular complexity index is 1010. The Morgan fingerprint density at radius 2 is 1.90 bits per heavy atom. The molecule has 1 heterocycles. The quantitative estimate of drug-likeness (QED) is 0.686. The Hall–Kier alpha value is -2.10. The van der Waals surface area contributed by atoms with Crippen molar-refractivity contribution in [1.29, 1.82) is 0 Å². The van der Waals surface area contributed by atoms with Crippen LogP contribution in [0.2, 0.25) is 0 Å². The van der Waals surface area contributed by atoms with Crippen LogP contribution in [-0.4, -0.2) is 44.2 Å². The number of rotatable bonds is 6. The summed E-state index contributed by atoms with van der Waals surface area (Å²) in [5, 5.41) is 13.5. The summed E-state index contributed by atoms with van der Waals surface area (Å²) in [7, 11) is -2.39. The molecule has 9 heteroatoms. The van der Waals surface area contributed by atoms with Crippen LogP contribution >= 0.6 is 0 Å². The zero-order chi connectivity index (χ0) is 22.9. The zero-order valence-corrected chi connectivity index (χ0v) is 18.1. The number of methoxy groups -OCH3 is 1. The average molecular weight is 458 g/mol. The van der Waals surface area contributed by atoms with Crippen molar-refractivity contribution in [2.24, 2.45) is 0 Å². The Labute approximate surface area is 180 Å². The van der Waals surface area contributed by atoms with E-state index in [1.54, 1.807) is 19.1 Å². The fraction of sp³-hybridized carbons (Fsp3) is 0.455. The van der Waals surface area contributed by atoms with E-state index >= 15 is 0 Å². The van der Waals surface area contributed by atoms with Gasteiger partial charge in [0.1, 0.15) is 5.75 Å². The number of halogens is 3. The van der Waals surface area contributed by atoms with E-state index in [0.717, 1.165) is 5.56 Å². The Morgan fingerprint density at radius 1 is 1.23 bits per heavy atom. The lowest BCUT2D eigenvalue weighted by molar-refractivity contribution is -0.155. The molecule has 1 aliphatic rings. The highest BCUT2D eigenvalue weighted by Gasteiger charge is 2.44. The lowest BCUT2D eigenvalue weighted by Gasteiger charge is -2.37. The molecule has 5 nitrogen and oxygen atoms in total. The minimum Gasteiger partial charge on any atom is -0.497 e. The van der Waals surface area contributed by atoms with Gasteiger partial charge in [0.05, 0.1) is 36.3 Å². The molecule has 0 bridgehead atoms. The summed E-state index contributed by atoms with van der Waals surface area (Å²) in [5.41, 5.74) is -0.0283. The molecular weight excluding hydrogens is 431 g/mol. The predicted octanol–water partition coefficient (Wildman–Crippen LogP) is 4.01. The highest BCUT2D eigenvalue weighted by Crippen LogP contribution is 2.40. The molecule has 2 N–H and O–H groups in total. The fourth-order valence-corrected chi connectivity index (χ4v) is 6.29. The topological polar surface area (TPSA) is 75.6 Å². The number of sulfone groups is 1. The van der Waals surface area contributed by atoms with Crippen LogP contribution in [0.3, 0.4) is 0 Å².